The molecule has 0 aliphatic carbocycles. The molecule has 0 radical (unpaired) electrons. The van der Waals surface area contributed by atoms with E-state index < -0.39 is 0 Å². The minimum absolute atomic E-state index is 0.0215. The molecule has 6 nitrogen and oxygen atoms in total. The van der Waals surface area contributed by atoms with Crippen LogP contribution in [0.2, 0.25) is 0 Å². The molecule has 2 aromatic rings. The van der Waals surface area contributed by atoms with Gasteiger partial charge in [0.1, 0.15) is 5.52 Å². The number of nitrogens with one attached hydrogen (secondary N) is 1. The van der Waals surface area contributed by atoms with Crippen molar-refractivity contribution in [2.24, 2.45) is 7.05 Å². The molecule has 0 unspecified atom stereocenters. The van der Waals surface area contributed by atoms with E-state index in [2.05, 4.69) is 22.1 Å². The quantitative estimate of drug-likeness (QED) is 0.837. The average molecular weight is 261 g/mol. The summed E-state index contributed by atoms with van der Waals surface area (Å²) in [6.45, 7) is 6.61. The summed E-state index contributed by atoms with van der Waals surface area (Å²) in [6.07, 6.45) is 1.78. The Hall–Kier alpha value is -1.82. The number of imidazole rings is 1. The Morgan fingerprint density at radius 2 is 2.11 bits per heavy atom. The topological polar surface area (TPSA) is 55.1 Å². The molecule has 0 bridgehead atoms. The normalized spacial score (nSPS) is 16.2. The van der Waals surface area contributed by atoms with Crippen LogP contribution in [-0.4, -0.2) is 40.3 Å². The van der Waals surface area contributed by atoms with Crippen molar-refractivity contribution in [3.8, 4) is 0 Å². The molecule has 2 aromatic heterocycles. The average Bonchev–Trinajstić information content (AvgIpc) is 2.83. The van der Waals surface area contributed by atoms with E-state index >= 15 is 0 Å². The van der Waals surface area contributed by atoms with Gasteiger partial charge in [0.2, 0.25) is 5.95 Å². The van der Waals surface area contributed by atoms with Crippen LogP contribution >= 0.6 is 0 Å². The van der Waals surface area contributed by atoms with E-state index in [0.29, 0.717) is 5.52 Å². The second kappa shape index (κ2) is 4.70. The highest BCUT2D eigenvalue weighted by Gasteiger charge is 2.19. The van der Waals surface area contributed by atoms with E-state index in [9.17, 15) is 4.79 Å². The Morgan fingerprint density at radius 3 is 2.79 bits per heavy atom. The molecular weight excluding hydrogens is 242 g/mol. The van der Waals surface area contributed by atoms with Gasteiger partial charge in [0.25, 0.3) is 5.56 Å². The number of hydrogen-bond donors (Lipinski definition) is 1. The second-order valence-corrected chi connectivity index (χ2v) is 4.86. The third kappa shape index (κ3) is 1.92. The number of nitrogens with zero attached hydrogens (tertiary/aromatic N) is 4. The molecule has 0 aromatic carbocycles. The number of anilines is 1. The minimum atomic E-state index is 0.0215. The van der Waals surface area contributed by atoms with E-state index in [1.807, 2.05) is 10.6 Å². The zero-order chi connectivity index (χ0) is 13.4. The summed E-state index contributed by atoms with van der Waals surface area (Å²) in [4.78, 5) is 19.2. The van der Waals surface area contributed by atoms with Crippen LogP contribution in [0.25, 0.3) is 11.0 Å². The van der Waals surface area contributed by atoms with Crippen molar-refractivity contribution in [2.45, 2.75) is 13.5 Å². The summed E-state index contributed by atoms with van der Waals surface area (Å²) in [5.74, 6) is 0.919. The maximum Gasteiger partial charge on any atom is 0.276 e. The number of rotatable bonds is 2. The number of fused-ring (bicyclic) bond motifs is 1. The third-order valence-corrected chi connectivity index (χ3v) is 3.67. The molecule has 3 heterocycles. The highest BCUT2D eigenvalue weighted by Crippen LogP contribution is 2.20. The van der Waals surface area contributed by atoms with Crippen LogP contribution < -0.4 is 15.8 Å². The van der Waals surface area contributed by atoms with Crippen LogP contribution in [0, 0.1) is 0 Å². The predicted octanol–water partition coefficient (Wildman–Crippen LogP) is 0.164. The maximum absolute atomic E-state index is 12.3. The van der Waals surface area contributed by atoms with Crippen molar-refractivity contribution in [1.29, 1.82) is 0 Å². The summed E-state index contributed by atoms with van der Waals surface area (Å²) in [5, 5.41) is 3.33. The van der Waals surface area contributed by atoms with E-state index in [4.69, 9.17) is 0 Å². The lowest BCUT2D eigenvalue weighted by atomic mass is 10.4. The zero-order valence-electron chi connectivity index (χ0n) is 11.4. The molecule has 0 atom stereocenters. The molecule has 0 spiro atoms. The fourth-order valence-electron chi connectivity index (χ4n) is 2.62. The lowest BCUT2D eigenvalue weighted by Gasteiger charge is -2.28. The molecule has 0 saturated carbocycles. The molecule has 3 rings (SSSR count). The van der Waals surface area contributed by atoms with Crippen molar-refractivity contribution in [3.05, 3.63) is 22.6 Å². The Balaban J connectivity index is 2.19. The van der Waals surface area contributed by atoms with Gasteiger partial charge < -0.3 is 19.4 Å². The number of aromatic nitrogens is 3. The first-order valence-electron chi connectivity index (χ1n) is 6.74. The Morgan fingerprint density at radius 1 is 1.37 bits per heavy atom. The third-order valence-electron chi connectivity index (χ3n) is 3.67. The lowest BCUT2D eigenvalue weighted by molar-refractivity contribution is 0.569. The van der Waals surface area contributed by atoms with Gasteiger partial charge in [0, 0.05) is 46.0 Å². The summed E-state index contributed by atoms with van der Waals surface area (Å²) in [7, 11) is 1.78. The first-order chi connectivity index (χ1) is 9.22. The fourth-order valence-corrected chi connectivity index (χ4v) is 2.62. The van der Waals surface area contributed by atoms with E-state index in [-0.39, 0.29) is 5.56 Å². The molecular formula is C13H19N5O. The van der Waals surface area contributed by atoms with Crippen LogP contribution in [-0.2, 0) is 13.6 Å². The maximum atomic E-state index is 12.3. The van der Waals surface area contributed by atoms with E-state index in [1.165, 1.54) is 0 Å². The van der Waals surface area contributed by atoms with Gasteiger partial charge in [0.05, 0.1) is 5.52 Å². The molecule has 1 aliphatic rings. The Labute approximate surface area is 111 Å². The van der Waals surface area contributed by atoms with Crippen LogP contribution in [0.1, 0.15) is 6.92 Å². The largest absolute Gasteiger partial charge is 0.340 e. The van der Waals surface area contributed by atoms with Gasteiger partial charge in [-0.15, -0.1) is 0 Å². The van der Waals surface area contributed by atoms with Gasteiger partial charge in [0.15, 0.2) is 0 Å². The Bertz CT molecular complexity index is 651. The molecule has 1 saturated heterocycles. The number of aryl methyl sites for hydroxylation is 2. The molecule has 6 heteroatoms. The summed E-state index contributed by atoms with van der Waals surface area (Å²) in [6, 6.07) is 1.91. The molecule has 102 valence electrons. The van der Waals surface area contributed by atoms with Crippen LogP contribution in [0.3, 0.4) is 0 Å². The summed E-state index contributed by atoms with van der Waals surface area (Å²) < 4.78 is 3.64. The van der Waals surface area contributed by atoms with Crippen molar-refractivity contribution < 1.29 is 0 Å². The molecule has 1 fully saturated rings. The predicted molar refractivity (Wildman–Crippen MR) is 75.7 cm³/mol. The summed E-state index contributed by atoms with van der Waals surface area (Å²) in [5.41, 5.74) is 1.52. The zero-order valence-corrected chi connectivity index (χ0v) is 11.4. The number of hydrogen-bond acceptors (Lipinski definition) is 4. The molecule has 0 amide bonds. The van der Waals surface area contributed by atoms with Crippen LogP contribution in [0.15, 0.2) is 17.1 Å². The monoisotopic (exact) mass is 261 g/mol. The summed E-state index contributed by atoms with van der Waals surface area (Å²) >= 11 is 0. The van der Waals surface area contributed by atoms with Gasteiger partial charge in [-0.25, -0.2) is 4.98 Å². The number of pyridine rings is 1. The van der Waals surface area contributed by atoms with Gasteiger partial charge in [-0.3, -0.25) is 4.79 Å². The second-order valence-electron chi connectivity index (χ2n) is 4.86. The van der Waals surface area contributed by atoms with Gasteiger partial charge in [-0.2, -0.15) is 0 Å². The first kappa shape index (κ1) is 12.2. The van der Waals surface area contributed by atoms with E-state index in [1.54, 1.807) is 17.8 Å². The van der Waals surface area contributed by atoms with Crippen molar-refractivity contribution in [1.82, 2.24) is 19.4 Å². The minimum Gasteiger partial charge on any atom is -0.340 e. The van der Waals surface area contributed by atoms with Crippen molar-refractivity contribution in [2.75, 3.05) is 31.1 Å². The SMILES string of the molecule is CCn1c(N2CCNCC2)nc2ccn(C)c(=O)c21. The van der Waals surface area contributed by atoms with Crippen LogP contribution in [0.5, 0.6) is 0 Å². The lowest BCUT2D eigenvalue weighted by Crippen LogP contribution is -2.44. The van der Waals surface area contributed by atoms with Crippen molar-refractivity contribution >= 4 is 17.0 Å². The fraction of sp³-hybridized carbons (Fsp3) is 0.538. The first-order valence-corrected chi connectivity index (χ1v) is 6.74. The highest BCUT2D eigenvalue weighted by molar-refractivity contribution is 5.77. The van der Waals surface area contributed by atoms with Gasteiger partial charge in [-0.1, -0.05) is 0 Å². The van der Waals surface area contributed by atoms with E-state index in [0.717, 1.165) is 44.2 Å². The Kier molecular flexibility index (Phi) is 3.02. The standard InChI is InChI=1S/C13H19N5O/c1-3-18-11-10(4-7-16(2)12(11)19)15-13(18)17-8-5-14-6-9-17/h4,7,14H,3,5-6,8-9H2,1-2H3. The highest BCUT2D eigenvalue weighted by atomic mass is 16.1. The molecule has 1 aliphatic heterocycles. The van der Waals surface area contributed by atoms with Gasteiger partial charge >= 0.3 is 0 Å². The van der Waals surface area contributed by atoms with Gasteiger partial charge in [-0.05, 0) is 13.0 Å². The van der Waals surface area contributed by atoms with Crippen molar-refractivity contribution in [3.63, 3.8) is 0 Å². The van der Waals surface area contributed by atoms with Crippen LogP contribution in [0.4, 0.5) is 5.95 Å². The molecule has 1 N–H and O–H groups in total. The molecule has 19 heavy (non-hydrogen) atoms. The number of piperazine rings is 1. The smallest absolute Gasteiger partial charge is 0.276 e.